The summed E-state index contributed by atoms with van der Waals surface area (Å²) in [7, 11) is -12.7. The van der Waals surface area contributed by atoms with E-state index >= 15 is 8.78 Å². The first-order valence-electron chi connectivity index (χ1n) is 14.2. The molecule has 0 N–H and O–H groups in total. The van der Waals surface area contributed by atoms with Crippen molar-refractivity contribution in [2.75, 3.05) is 0 Å². The zero-order valence-electron chi connectivity index (χ0n) is 26.2. The zero-order valence-corrected chi connectivity index (χ0v) is 27.8. The normalized spacial score (nSPS) is 15.1. The molecule has 3 nitrogen and oxygen atoms in total. The van der Waals surface area contributed by atoms with E-state index in [2.05, 4.69) is 3.63 Å². The van der Waals surface area contributed by atoms with E-state index in [1.807, 2.05) is 0 Å². The standard InChI is InChI=1S/C30H22F18O3S2/c1-3-17-5-11-20(12-6-17)52(22-15-9-19(31)10-16-22,21-13-7-18(4-2)8-14-21)51-53(49,50)30(47,48)28(42,43)26(38,39)24(34,35)23(32,33)25(36,37)27(40,41)29(44,45)46/h5-16H,3-4H2,1-2H3. The number of alkyl halides is 17. The molecule has 23 heteroatoms. The Labute approximate surface area is 289 Å². The van der Waals surface area contributed by atoms with Crippen LogP contribution in [0.4, 0.5) is 79.0 Å². The second kappa shape index (κ2) is 13.7. The van der Waals surface area contributed by atoms with Crippen molar-refractivity contribution in [3.63, 3.8) is 0 Å². The molecular formula is C30H22F18O3S2. The van der Waals surface area contributed by atoms with E-state index in [1.165, 1.54) is 24.3 Å². The number of aryl methyl sites for hydroxylation is 2. The van der Waals surface area contributed by atoms with Crippen molar-refractivity contribution < 1.29 is 91.1 Å². The first-order valence-corrected chi connectivity index (χ1v) is 17.2. The first-order chi connectivity index (χ1) is 23.8. The number of hydrogen-bond donors (Lipinski definition) is 0. The predicted molar refractivity (Wildman–Crippen MR) is 151 cm³/mol. The maximum atomic E-state index is 15.4. The topological polar surface area (TPSA) is 43.4 Å². The van der Waals surface area contributed by atoms with Gasteiger partial charge in [-0.3, -0.25) is 0 Å². The second-order valence-corrected chi connectivity index (χ2v) is 15.5. The van der Waals surface area contributed by atoms with Crippen LogP contribution < -0.4 is 0 Å². The largest absolute Gasteiger partial charge is 0.460 e. The van der Waals surface area contributed by atoms with Gasteiger partial charge in [-0.1, -0.05) is 38.1 Å². The van der Waals surface area contributed by atoms with Crippen LogP contribution in [-0.4, -0.2) is 55.4 Å². The van der Waals surface area contributed by atoms with Crippen LogP contribution in [0.2, 0.25) is 0 Å². The fourth-order valence-corrected chi connectivity index (χ4v) is 9.65. The average Bonchev–Trinajstić information content (AvgIpc) is 3.06. The molecule has 0 fully saturated rings. The number of halogens is 18. The Kier molecular flexibility index (Phi) is 11.4. The van der Waals surface area contributed by atoms with Gasteiger partial charge in [0.15, 0.2) is 0 Å². The summed E-state index contributed by atoms with van der Waals surface area (Å²) in [6.45, 7) is 3.17. The quantitative estimate of drug-likeness (QED) is 0.152. The molecule has 0 heterocycles. The van der Waals surface area contributed by atoms with Crippen LogP contribution in [0.25, 0.3) is 0 Å². The first kappa shape index (κ1) is 44.1. The Morgan fingerprint density at radius 2 is 0.736 bits per heavy atom. The van der Waals surface area contributed by atoms with Crippen molar-refractivity contribution in [2.24, 2.45) is 0 Å². The minimum atomic E-state index is -9.01. The van der Waals surface area contributed by atoms with Gasteiger partial charge in [-0.2, -0.15) is 83.1 Å². The Morgan fingerprint density at radius 3 is 1.04 bits per heavy atom. The fraction of sp³-hybridized carbons (Fsp3) is 0.400. The van der Waals surface area contributed by atoms with Crippen molar-refractivity contribution in [1.29, 1.82) is 0 Å². The Bertz CT molecular complexity index is 1810. The highest BCUT2D eigenvalue weighted by molar-refractivity contribution is 8.33. The molecule has 3 aromatic carbocycles. The Hall–Kier alpha value is -3.34. The molecule has 3 rings (SSSR count). The van der Waals surface area contributed by atoms with Gasteiger partial charge in [-0.25, -0.2) is 8.02 Å². The summed E-state index contributed by atoms with van der Waals surface area (Å²) in [6.07, 6.45) is -7.46. The average molecular weight is 837 g/mol. The van der Waals surface area contributed by atoms with Crippen molar-refractivity contribution in [2.45, 2.75) is 88.3 Å². The molecule has 0 atom stereocenters. The number of hydrogen-bond acceptors (Lipinski definition) is 3. The highest BCUT2D eigenvalue weighted by Gasteiger charge is 2.96. The summed E-state index contributed by atoms with van der Waals surface area (Å²) >= 11 is 0. The molecule has 0 amide bonds. The lowest BCUT2D eigenvalue weighted by molar-refractivity contribution is -0.458. The van der Waals surface area contributed by atoms with E-state index in [4.69, 9.17) is 0 Å². The lowest BCUT2D eigenvalue weighted by atomic mass is 9.91. The minimum Gasteiger partial charge on any atom is -0.207 e. The highest BCUT2D eigenvalue weighted by Crippen LogP contribution is 2.72. The molecule has 298 valence electrons. The highest BCUT2D eigenvalue weighted by atomic mass is 32.3. The monoisotopic (exact) mass is 836 g/mol. The second-order valence-electron chi connectivity index (χ2n) is 11.0. The third-order valence-corrected chi connectivity index (χ3v) is 12.9. The lowest BCUT2D eigenvalue weighted by Crippen LogP contribution is -2.75. The van der Waals surface area contributed by atoms with Crippen molar-refractivity contribution >= 4 is 20.4 Å². The fourth-order valence-electron chi connectivity index (χ4n) is 4.47. The van der Waals surface area contributed by atoms with Crippen LogP contribution in [0.5, 0.6) is 0 Å². The summed E-state index contributed by atoms with van der Waals surface area (Å²) in [5.41, 5.74) is 0.857. The number of benzene rings is 3. The van der Waals surface area contributed by atoms with E-state index in [0.29, 0.717) is 35.4 Å². The van der Waals surface area contributed by atoms with E-state index < -0.39 is 87.9 Å². The molecule has 0 saturated carbocycles. The maximum Gasteiger partial charge on any atom is 0.460 e. The van der Waals surface area contributed by atoms with E-state index in [9.17, 15) is 78.7 Å². The van der Waals surface area contributed by atoms with Crippen LogP contribution >= 0.6 is 10.3 Å². The molecule has 0 radical (unpaired) electrons. The van der Waals surface area contributed by atoms with Crippen molar-refractivity contribution in [3.05, 3.63) is 89.7 Å². The summed E-state index contributed by atoms with van der Waals surface area (Å²) in [6, 6.07) is 10.9. The third kappa shape index (κ3) is 6.60. The molecule has 0 bridgehead atoms. The Balaban J connectivity index is 2.36. The molecule has 0 aliphatic carbocycles. The lowest BCUT2D eigenvalue weighted by Gasteiger charge is -2.44. The molecule has 53 heavy (non-hydrogen) atoms. The van der Waals surface area contributed by atoms with Gasteiger partial charge in [0.05, 0.1) is 0 Å². The molecule has 0 unspecified atom stereocenters. The van der Waals surface area contributed by atoms with Crippen molar-refractivity contribution in [1.82, 2.24) is 0 Å². The van der Waals surface area contributed by atoms with Gasteiger partial charge in [-0.15, -0.1) is 0 Å². The van der Waals surface area contributed by atoms with E-state index in [1.54, 1.807) is 13.8 Å². The summed E-state index contributed by atoms with van der Waals surface area (Å²) in [5.74, 6) is -53.7. The molecular weight excluding hydrogens is 814 g/mol. The number of rotatable bonds is 14. The summed E-state index contributed by atoms with van der Waals surface area (Å²) in [5, 5.41) is -7.93. The van der Waals surface area contributed by atoms with Gasteiger partial charge in [0, 0.05) is 14.7 Å². The van der Waals surface area contributed by atoms with E-state index in [-0.39, 0.29) is 12.8 Å². The summed E-state index contributed by atoms with van der Waals surface area (Å²) < 4.78 is 283. The van der Waals surface area contributed by atoms with Gasteiger partial charge < -0.3 is 0 Å². The van der Waals surface area contributed by atoms with Crippen LogP contribution in [0.15, 0.2) is 87.5 Å². The predicted octanol–water partition coefficient (Wildman–Crippen LogP) is 11.5. The van der Waals surface area contributed by atoms with Gasteiger partial charge in [0.25, 0.3) is 0 Å². The molecule has 0 saturated heterocycles. The van der Waals surface area contributed by atoms with Gasteiger partial charge in [0.2, 0.25) is 0 Å². The summed E-state index contributed by atoms with van der Waals surface area (Å²) in [4.78, 5) is -1.86. The van der Waals surface area contributed by atoms with Gasteiger partial charge >= 0.3 is 57.1 Å². The van der Waals surface area contributed by atoms with Crippen molar-refractivity contribution in [3.8, 4) is 0 Å². The zero-order chi connectivity index (χ0) is 41.1. The third-order valence-electron chi connectivity index (χ3n) is 7.67. The van der Waals surface area contributed by atoms with Crippen LogP contribution in [0, 0.1) is 5.82 Å². The molecule has 3 aromatic rings. The molecule has 0 spiro atoms. The van der Waals surface area contributed by atoms with Crippen LogP contribution in [0.1, 0.15) is 25.0 Å². The maximum absolute atomic E-state index is 15.4. The Morgan fingerprint density at radius 1 is 0.453 bits per heavy atom. The molecule has 0 aliphatic rings. The SMILES string of the molecule is CCc1ccc(S(OS(=O)(=O)C(F)(F)C(F)(F)C(F)(F)C(F)(F)C(F)(F)C(F)(F)C(F)(F)C(F)(F)F)(c2ccc(F)cc2)c2ccc(CC)cc2)cc1. The van der Waals surface area contributed by atoms with Crippen LogP contribution in [0.3, 0.4) is 0 Å². The molecule has 0 aliphatic heterocycles. The molecule has 0 aromatic heterocycles. The van der Waals surface area contributed by atoms with Crippen LogP contribution in [-0.2, 0) is 26.6 Å². The van der Waals surface area contributed by atoms with Gasteiger partial charge in [0.1, 0.15) is 5.82 Å². The van der Waals surface area contributed by atoms with E-state index in [0.717, 1.165) is 24.3 Å². The minimum absolute atomic E-state index is 0.246. The van der Waals surface area contributed by atoms with Gasteiger partial charge in [-0.05, 0) is 82.8 Å². The smallest absolute Gasteiger partial charge is 0.207 e.